The first-order valence-electron chi connectivity index (χ1n) is 5.82. The van der Waals surface area contributed by atoms with Crippen LogP contribution >= 0.6 is 15.9 Å². The number of hydrogen-bond donors (Lipinski definition) is 1. The van der Waals surface area contributed by atoms with Crippen molar-refractivity contribution in [2.75, 3.05) is 33.2 Å². The van der Waals surface area contributed by atoms with Crippen molar-refractivity contribution in [3.63, 3.8) is 0 Å². The van der Waals surface area contributed by atoms with E-state index in [0.29, 0.717) is 29.4 Å². The zero-order valence-electron chi connectivity index (χ0n) is 11.3. The van der Waals surface area contributed by atoms with E-state index in [2.05, 4.69) is 21.2 Å². The number of rotatable bonds is 7. The third-order valence-electron chi connectivity index (χ3n) is 2.52. The lowest BCUT2D eigenvalue weighted by Crippen LogP contribution is -2.24. The third-order valence-corrected chi connectivity index (χ3v) is 3.08. The van der Waals surface area contributed by atoms with Crippen LogP contribution < -0.4 is 19.5 Å². The third kappa shape index (κ3) is 4.02. The molecule has 0 aliphatic rings. The molecule has 0 fully saturated rings. The van der Waals surface area contributed by atoms with E-state index >= 15 is 0 Å². The summed E-state index contributed by atoms with van der Waals surface area (Å²) in [5.74, 6) is 1.24. The van der Waals surface area contributed by atoms with Gasteiger partial charge in [-0.1, -0.05) is 15.9 Å². The van der Waals surface area contributed by atoms with Crippen LogP contribution in [-0.2, 0) is 0 Å². The van der Waals surface area contributed by atoms with Crippen LogP contribution in [0.5, 0.6) is 17.2 Å². The molecule has 1 amide bonds. The summed E-state index contributed by atoms with van der Waals surface area (Å²) in [5, 5.41) is 3.67. The molecule has 0 spiro atoms. The lowest BCUT2D eigenvalue weighted by atomic mass is 10.1. The quantitative estimate of drug-likeness (QED) is 0.615. The highest BCUT2D eigenvalue weighted by atomic mass is 79.9. The van der Waals surface area contributed by atoms with Gasteiger partial charge in [0.1, 0.15) is 0 Å². The number of carbonyl (C=O) groups excluding carboxylic acids is 1. The summed E-state index contributed by atoms with van der Waals surface area (Å²) in [6.07, 6.45) is 0.871. The van der Waals surface area contributed by atoms with E-state index < -0.39 is 0 Å². The van der Waals surface area contributed by atoms with Crippen molar-refractivity contribution in [3.8, 4) is 17.2 Å². The number of methoxy groups -OCH3 is 3. The van der Waals surface area contributed by atoms with E-state index in [1.807, 2.05) is 0 Å². The molecule has 5 nitrogen and oxygen atoms in total. The standard InChI is InChI=1S/C13H18BrNO4/c1-17-10-7-9(13(16)15-6-4-5-14)8-11(18-2)12(10)19-3/h7-8H,4-6H2,1-3H3,(H,15,16). The molecule has 0 aliphatic heterocycles. The van der Waals surface area contributed by atoms with Gasteiger partial charge in [-0.2, -0.15) is 0 Å². The molecule has 1 N–H and O–H groups in total. The van der Waals surface area contributed by atoms with Gasteiger partial charge < -0.3 is 19.5 Å². The number of hydrogen-bond acceptors (Lipinski definition) is 4. The van der Waals surface area contributed by atoms with Crippen molar-refractivity contribution < 1.29 is 19.0 Å². The Morgan fingerprint density at radius 2 is 1.74 bits per heavy atom. The topological polar surface area (TPSA) is 56.8 Å². The number of amides is 1. The molecule has 0 saturated heterocycles. The zero-order valence-corrected chi connectivity index (χ0v) is 12.9. The van der Waals surface area contributed by atoms with Crippen LogP contribution in [0.4, 0.5) is 0 Å². The first kappa shape index (κ1) is 15.6. The van der Waals surface area contributed by atoms with Gasteiger partial charge in [-0.15, -0.1) is 0 Å². The molecule has 1 aromatic rings. The highest BCUT2D eigenvalue weighted by Crippen LogP contribution is 2.38. The smallest absolute Gasteiger partial charge is 0.251 e. The van der Waals surface area contributed by atoms with Crippen molar-refractivity contribution in [3.05, 3.63) is 17.7 Å². The minimum atomic E-state index is -0.166. The Morgan fingerprint density at radius 1 is 1.16 bits per heavy atom. The van der Waals surface area contributed by atoms with E-state index in [-0.39, 0.29) is 5.91 Å². The largest absolute Gasteiger partial charge is 0.493 e. The van der Waals surface area contributed by atoms with Gasteiger partial charge in [-0.3, -0.25) is 4.79 Å². The fourth-order valence-electron chi connectivity index (χ4n) is 1.58. The molecule has 19 heavy (non-hydrogen) atoms. The Hall–Kier alpha value is -1.43. The summed E-state index contributed by atoms with van der Waals surface area (Å²) in [6, 6.07) is 3.26. The van der Waals surface area contributed by atoms with Crippen LogP contribution in [0, 0.1) is 0 Å². The van der Waals surface area contributed by atoms with Gasteiger partial charge in [0, 0.05) is 17.4 Å². The molecule has 0 aliphatic carbocycles. The molecular formula is C13H18BrNO4. The van der Waals surface area contributed by atoms with Crippen LogP contribution in [0.25, 0.3) is 0 Å². The van der Waals surface area contributed by atoms with Gasteiger partial charge in [0.15, 0.2) is 11.5 Å². The zero-order chi connectivity index (χ0) is 14.3. The Kier molecular flexibility index (Phi) is 6.49. The summed E-state index contributed by atoms with van der Waals surface area (Å²) in [5.41, 5.74) is 0.476. The number of nitrogens with one attached hydrogen (secondary N) is 1. The average Bonchev–Trinajstić information content (AvgIpc) is 2.45. The van der Waals surface area contributed by atoms with Crippen LogP contribution in [0.15, 0.2) is 12.1 Å². The molecule has 0 heterocycles. The molecule has 0 unspecified atom stereocenters. The Labute approximate surface area is 121 Å². The number of ether oxygens (including phenoxy) is 3. The molecule has 6 heteroatoms. The van der Waals surface area contributed by atoms with Gasteiger partial charge in [0.05, 0.1) is 21.3 Å². The van der Waals surface area contributed by atoms with Gasteiger partial charge in [-0.05, 0) is 18.6 Å². The normalized spacial score (nSPS) is 9.89. The molecule has 1 aromatic carbocycles. The summed E-state index contributed by atoms with van der Waals surface area (Å²) < 4.78 is 15.6. The summed E-state index contributed by atoms with van der Waals surface area (Å²) in [7, 11) is 4.56. The van der Waals surface area contributed by atoms with Crippen LogP contribution in [0.2, 0.25) is 0 Å². The molecule has 0 atom stereocenters. The average molecular weight is 332 g/mol. The van der Waals surface area contributed by atoms with E-state index in [0.717, 1.165) is 11.8 Å². The van der Waals surface area contributed by atoms with Gasteiger partial charge in [-0.25, -0.2) is 0 Å². The molecule has 1 rings (SSSR count). The first-order valence-corrected chi connectivity index (χ1v) is 6.94. The van der Waals surface area contributed by atoms with Crippen LogP contribution in [0.3, 0.4) is 0 Å². The van der Waals surface area contributed by atoms with E-state index in [1.165, 1.54) is 21.3 Å². The van der Waals surface area contributed by atoms with E-state index in [4.69, 9.17) is 14.2 Å². The SMILES string of the molecule is COc1cc(C(=O)NCCCBr)cc(OC)c1OC. The van der Waals surface area contributed by atoms with Crippen molar-refractivity contribution in [2.45, 2.75) is 6.42 Å². The van der Waals surface area contributed by atoms with Gasteiger partial charge in [0.2, 0.25) is 5.75 Å². The van der Waals surface area contributed by atoms with Crippen molar-refractivity contribution in [1.29, 1.82) is 0 Å². The highest BCUT2D eigenvalue weighted by molar-refractivity contribution is 9.09. The second-order valence-electron chi connectivity index (χ2n) is 3.71. The lowest BCUT2D eigenvalue weighted by molar-refractivity contribution is 0.0953. The Bertz CT molecular complexity index is 412. The Morgan fingerprint density at radius 3 is 2.16 bits per heavy atom. The molecule has 0 saturated carbocycles. The van der Waals surface area contributed by atoms with E-state index in [9.17, 15) is 4.79 Å². The summed E-state index contributed by atoms with van der Waals surface area (Å²) in [4.78, 5) is 12.0. The second-order valence-corrected chi connectivity index (χ2v) is 4.51. The molecule has 106 valence electrons. The number of carbonyl (C=O) groups is 1. The minimum Gasteiger partial charge on any atom is -0.493 e. The van der Waals surface area contributed by atoms with Crippen LogP contribution in [0.1, 0.15) is 16.8 Å². The molecular weight excluding hydrogens is 314 g/mol. The lowest BCUT2D eigenvalue weighted by Gasteiger charge is -2.14. The first-order chi connectivity index (χ1) is 9.17. The fraction of sp³-hybridized carbons (Fsp3) is 0.462. The number of halogens is 1. The van der Waals surface area contributed by atoms with Crippen LogP contribution in [-0.4, -0.2) is 39.1 Å². The number of alkyl halides is 1. The second kappa shape index (κ2) is 7.89. The fourth-order valence-corrected chi connectivity index (χ4v) is 1.86. The maximum atomic E-state index is 12.0. The van der Waals surface area contributed by atoms with Crippen molar-refractivity contribution in [2.24, 2.45) is 0 Å². The van der Waals surface area contributed by atoms with Gasteiger partial charge >= 0.3 is 0 Å². The van der Waals surface area contributed by atoms with Gasteiger partial charge in [0.25, 0.3) is 5.91 Å². The Balaban J connectivity index is 2.98. The molecule has 0 radical (unpaired) electrons. The maximum absolute atomic E-state index is 12.0. The predicted octanol–water partition coefficient (Wildman–Crippen LogP) is 2.23. The maximum Gasteiger partial charge on any atom is 0.251 e. The minimum absolute atomic E-state index is 0.166. The highest BCUT2D eigenvalue weighted by Gasteiger charge is 2.16. The predicted molar refractivity (Wildman–Crippen MR) is 76.8 cm³/mol. The van der Waals surface area contributed by atoms with E-state index in [1.54, 1.807) is 12.1 Å². The molecule has 0 aromatic heterocycles. The van der Waals surface area contributed by atoms with Crippen molar-refractivity contribution in [1.82, 2.24) is 5.32 Å². The summed E-state index contributed by atoms with van der Waals surface area (Å²) in [6.45, 7) is 0.612. The molecule has 0 bridgehead atoms. The monoisotopic (exact) mass is 331 g/mol. The summed E-state index contributed by atoms with van der Waals surface area (Å²) >= 11 is 3.31. The number of benzene rings is 1. The van der Waals surface area contributed by atoms with Crippen molar-refractivity contribution >= 4 is 21.8 Å².